The van der Waals surface area contributed by atoms with Gasteiger partial charge < -0.3 is 25.4 Å². The molecule has 0 bridgehead atoms. The highest BCUT2D eigenvalue weighted by Gasteiger charge is 2.33. The summed E-state index contributed by atoms with van der Waals surface area (Å²) in [6.45, 7) is 0.125. The van der Waals surface area contributed by atoms with E-state index >= 15 is 0 Å². The van der Waals surface area contributed by atoms with E-state index in [1.807, 2.05) is 0 Å². The third-order valence-corrected chi connectivity index (χ3v) is 1.93. The number of likely N-dealkylation sites (N-methyl/N-ethyl adjacent to an activating group) is 1. The molecule has 0 aromatic heterocycles. The maximum absolute atomic E-state index is 9.35. The topological polar surface area (TPSA) is 82.0 Å². The SMILES string of the molecule is CN[C@H]1/C(=C\O)CO[C@H](O)[C@@H]1O. The van der Waals surface area contributed by atoms with E-state index in [0.29, 0.717) is 5.57 Å². The second-order valence-corrected chi connectivity index (χ2v) is 2.66. The van der Waals surface area contributed by atoms with Crippen molar-refractivity contribution in [2.45, 2.75) is 18.4 Å². The highest BCUT2D eigenvalue weighted by atomic mass is 16.6. The molecule has 0 aromatic carbocycles. The van der Waals surface area contributed by atoms with Crippen LogP contribution in [-0.4, -0.2) is 47.4 Å². The van der Waals surface area contributed by atoms with Crippen LogP contribution < -0.4 is 5.32 Å². The summed E-state index contributed by atoms with van der Waals surface area (Å²) < 4.78 is 4.76. The van der Waals surface area contributed by atoms with Crippen LogP contribution in [0, 0.1) is 0 Å². The van der Waals surface area contributed by atoms with Gasteiger partial charge in [0.2, 0.25) is 0 Å². The van der Waals surface area contributed by atoms with Gasteiger partial charge in [-0.25, -0.2) is 0 Å². The number of nitrogens with one attached hydrogen (secondary N) is 1. The van der Waals surface area contributed by atoms with Crippen molar-refractivity contribution in [3.8, 4) is 0 Å². The molecule has 1 saturated heterocycles. The molecule has 0 amide bonds. The van der Waals surface area contributed by atoms with Crippen molar-refractivity contribution in [2.75, 3.05) is 13.7 Å². The van der Waals surface area contributed by atoms with Crippen molar-refractivity contribution >= 4 is 0 Å². The molecule has 1 aliphatic heterocycles. The Morgan fingerprint density at radius 3 is 2.75 bits per heavy atom. The van der Waals surface area contributed by atoms with Gasteiger partial charge in [-0.3, -0.25) is 0 Å². The molecule has 0 radical (unpaired) electrons. The second-order valence-electron chi connectivity index (χ2n) is 2.66. The monoisotopic (exact) mass is 175 g/mol. The molecule has 0 unspecified atom stereocenters. The first kappa shape index (κ1) is 9.47. The van der Waals surface area contributed by atoms with E-state index < -0.39 is 18.4 Å². The first-order chi connectivity index (χ1) is 5.70. The summed E-state index contributed by atoms with van der Waals surface area (Å²) in [6.07, 6.45) is -1.34. The molecule has 12 heavy (non-hydrogen) atoms. The van der Waals surface area contributed by atoms with Crippen LogP contribution >= 0.6 is 0 Å². The largest absolute Gasteiger partial charge is 0.515 e. The van der Waals surface area contributed by atoms with Crippen molar-refractivity contribution < 1.29 is 20.1 Å². The zero-order chi connectivity index (χ0) is 9.14. The summed E-state index contributed by atoms with van der Waals surface area (Å²) in [5, 5.41) is 29.9. The molecule has 0 aliphatic carbocycles. The smallest absolute Gasteiger partial charge is 0.183 e. The van der Waals surface area contributed by atoms with E-state index in [1.165, 1.54) is 0 Å². The summed E-state index contributed by atoms with van der Waals surface area (Å²) in [7, 11) is 1.63. The summed E-state index contributed by atoms with van der Waals surface area (Å²) in [6, 6.07) is -0.446. The summed E-state index contributed by atoms with van der Waals surface area (Å²) in [5.41, 5.74) is 0.523. The third-order valence-electron chi connectivity index (χ3n) is 1.93. The van der Waals surface area contributed by atoms with Gasteiger partial charge in [-0.05, 0) is 7.05 Å². The Morgan fingerprint density at radius 1 is 1.58 bits per heavy atom. The third kappa shape index (κ3) is 1.59. The maximum Gasteiger partial charge on any atom is 0.183 e. The fourth-order valence-corrected chi connectivity index (χ4v) is 1.23. The molecule has 3 atom stereocenters. The molecular weight excluding hydrogens is 162 g/mol. The van der Waals surface area contributed by atoms with Gasteiger partial charge in [0.15, 0.2) is 6.29 Å². The molecular formula is C7H13NO4. The number of aliphatic hydroxyl groups is 3. The van der Waals surface area contributed by atoms with Gasteiger partial charge in [0.25, 0.3) is 0 Å². The number of hydrogen-bond donors (Lipinski definition) is 4. The van der Waals surface area contributed by atoms with Crippen LogP contribution in [0.1, 0.15) is 0 Å². The zero-order valence-electron chi connectivity index (χ0n) is 6.77. The van der Waals surface area contributed by atoms with Gasteiger partial charge in [-0.1, -0.05) is 0 Å². The van der Waals surface area contributed by atoms with E-state index in [2.05, 4.69) is 5.32 Å². The summed E-state index contributed by atoms with van der Waals surface area (Å²) in [5.74, 6) is 0. The number of ether oxygens (including phenoxy) is 1. The fraction of sp³-hybridized carbons (Fsp3) is 0.714. The molecule has 1 heterocycles. The highest BCUT2D eigenvalue weighted by molar-refractivity contribution is 5.13. The molecule has 5 heteroatoms. The predicted octanol–water partition coefficient (Wildman–Crippen LogP) is -1.27. The van der Waals surface area contributed by atoms with Crippen molar-refractivity contribution in [1.82, 2.24) is 5.32 Å². The molecule has 70 valence electrons. The van der Waals surface area contributed by atoms with Crippen LogP contribution in [0.25, 0.3) is 0 Å². The molecule has 1 rings (SSSR count). The van der Waals surface area contributed by atoms with Gasteiger partial charge in [-0.2, -0.15) is 0 Å². The lowest BCUT2D eigenvalue weighted by molar-refractivity contribution is -0.179. The van der Waals surface area contributed by atoms with Gasteiger partial charge >= 0.3 is 0 Å². The molecule has 5 nitrogen and oxygen atoms in total. The first-order valence-electron chi connectivity index (χ1n) is 3.69. The lowest BCUT2D eigenvalue weighted by Crippen LogP contribution is -2.51. The Hall–Kier alpha value is -0.620. The van der Waals surface area contributed by atoms with E-state index in [9.17, 15) is 5.11 Å². The van der Waals surface area contributed by atoms with Crippen LogP contribution in [0.2, 0.25) is 0 Å². The van der Waals surface area contributed by atoms with Gasteiger partial charge in [0.1, 0.15) is 6.10 Å². The summed E-state index contributed by atoms with van der Waals surface area (Å²) >= 11 is 0. The van der Waals surface area contributed by atoms with E-state index in [-0.39, 0.29) is 6.61 Å². The molecule has 0 saturated carbocycles. The predicted molar refractivity (Wildman–Crippen MR) is 41.5 cm³/mol. The minimum absolute atomic E-state index is 0.125. The fourth-order valence-electron chi connectivity index (χ4n) is 1.23. The van der Waals surface area contributed by atoms with E-state index in [0.717, 1.165) is 6.26 Å². The Labute approximate surface area is 70.3 Å². The quantitative estimate of drug-likeness (QED) is 0.373. The minimum atomic E-state index is -1.19. The molecule has 1 aliphatic rings. The molecule has 4 N–H and O–H groups in total. The minimum Gasteiger partial charge on any atom is -0.515 e. The maximum atomic E-state index is 9.35. The van der Waals surface area contributed by atoms with Crippen LogP contribution in [0.5, 0.6) is 0 Å². The van der Waals surface area contributed by atoms with Crippen LogP contribution in [0.15, 0.2) is 11.8 Å². The Kier molecular flexibility index (Phi) is 3.05. The van der Waals surface area contributed by atoms with Crippen LogP contribution in [0.3, 0.4) is 0 Å². The molecule has 0 spiro atoms. The second kappa shape index (κ2) is 3.86. The van der Waals surface area contributed by atoms with Crippen LogP contribution in [-0.2, 0) is 4.74 Å². The van der Waals surface area contributed by atoms with E-state index in [1.54, 1.807) is 7.05 Å². The Balaban J connectivity index is 2.72. The van der Waals surface area contributed by atoms with Crippen LogP contribution in [0.4, 0.5) is 0 Å². The normalized spacial score (nSPS) is 40.2. The highest BCUT2D eigenvalue weighted by Crippen LogP contribution is 2.17. The standard InChI is InChI=1S/C7H13NO4/c1-8-5-4(2-9)3-12-7(11)6(5)10/h2,5-11H,3H2,1H3/b4-2-/t5-,6+,7-/m0/s1. The number of rotatable bonds is 1. The average molecular weight is 175 g/mol. The van der Waals surface area contributed by atoms with Crippen molar-refractivity contribution in [1.29, 1.82) is 0 Å². The number of hydrogen-bond acceptors (Lipinski definition) is 5. The Morgan fingerprint density at radius 2 is 2.25 bits per heavy atom. The number of aliphatic hydroxyl groups excluding tert-OH is 3. The first-order valence-corrected chi connectivity index (χ1v) is 3.69. The lowest BCUT2D eigenvalue weighted by atomic mass is 10.0. The van der Waals surface area contributed by atoms with Crippen molar-refractivity contribution in [3.63, 3.8) is 0 Å². The van der Waals surface area contributed by atoms with Gasteiger partial charge in [0.05, 0.1) is 18.9 Å². The Bertz CT molecular complexity index is 182. The van der Waals surface area contributed by atoms with Crippen molar-refractivity contribution in [2.24, 2.45) is 0 Å². The van der Waals surface area contributed by atoms with Crippen molar-refractivity contribution in [3.05, 3.63) is 11.8 Å². The lowest BCUT2D eigenvalue weighted by Gasteiger charge is -2.33. The van der Waals surface area contributed by atoms with E-state index in [4.69, 9.17) is 14.9 Å². The van der Waals surface area contributed by atoms with Gasteiger partial charge in [0, 0.05) is 5.57 Å². The summed E-state index contributed by atoms with van der Waals surface area (Å²) in [4.78, 5) is 0. The molecule has 1 fully saturated rings. The molecule has 0 aromatic rings. The average Bonchev–Trinajstić information content (AvgIpc) is 2.09. The van der Waals surface area contributed by atoms with Gasteiger partial charge in [-0.15, -0.1) is 0 Å². The zero-order valence-corrected chi connectivity index (χ0v) is 6.77.